The Morgan fingerprint density at radius 1 is 0.878 bits per heavy atom. The van der Waals surface area contributed by atoms with Crippen molar-refractivity contribution in [3.05, 3.63) is 78.5 Å². The lowest BCUT2D eigenvalue weighted by molar-refractivity contribution is 0.140. The summed E-state index contributed by atoms with van der Waals surface area (Å²) in [6, 6.07) is 22.4. The second-order valence-corrected chi connectivity index (χ2v) is 12.0. The maximum Gasteiger partial charge on any atom is 0.163 e. The third kappa shape index (κ3) is 7.31. The average molecular weight is 554 g/mol. The van der Waals surface area contributed by atoms with Crippen LogP contribution in [0.4, 0.5) is 11.4 Å². The lowest BCUT2D eigenvalue weighted by Gasteiger charge is -2.31. The van der Waals surface area contributed by atoms with Crippen molar-refractivity contribution in [2.24, 2.45) is 5.92 Å². The van der Waals surface area contributed by atoms with Crippen molar-refractivity contribution in [1.29, 1.82) is 0 Å². The number of rotatable bonds is 10. The molecule has 1 aromatic heterocycles. The van der Waals surface area contributed by atoms with Gasteiger partial charge in [-0.3, -0.25) is 4.98 Å². The molecule has 0 aliphatic carbocycles. The van der Waals surface area contributed by atoms with Gasteiger partial charge in [-0.1, -0.05) is 39.8 Å². The zero-order chi connectivity index (χ0) is 28.8. The van der Waals surface area contributed by atoms with Gasteiger partial charge in [-0.25, -0.2) is 0 Å². The van der Waals surface area contributed by atoms with E-state index in [0.717, 1.165) is 52.6 Å². The quantitative estimate of drug-likeness (QED) is 0.212. The zero-order valence-electron chi connectivity index (χ0n) is 25.1. The number of benzene rings is 3. The minimum absolute atomic E-state index is 0.138. The Kier molecular flexibility index (Phi) is 8.99. The highest BCUT2D eigenvalue weighted by Gasteiger charge is 2.20. The number of likely N-dealkylation sites (tertiary alicyclic amines) is 1. The molecule has 0 atom stereocenters. The van der Waals surface area contributed by atoms with Crippen LogP contribution in [0.2, 0.25) is 0 Å². The van der Waals surface area contributed by atoms with Crippen LogP contribution in [-0.4, -0.2) is 43.2 Å². The SMILES string of the molecule is CCCN1CCC(COc2cc3nccc(Oc4ccc(Nc5ccc(C(C)(C)C)cc5)cc4)c3cc2OC)CC1. The molecule has 0 saturated carbocycles. The Morgan fingerprint density at radius 2 is 1.56 bits per heavy atom. The molecule has 1 aliphatic heterocycles. The molecule has 0 unspecified atom stereocenters. The van der Waals surface area contributed by atoms with E-state index in [-0.39, 0.29) is 5.41 Å². The van der Waals surface area contributed by atoms with E-state index in [9.17, 15) is 0 Å². The van der Waals surface area contributed by atoms with E-state index in [2.05, 4.69) is 67.2 Å². The number of hydrogen-bond acceptors (Lipinski definition) is 6. The fraction of sp³-hybridized carbons (Fsp3) is 0.400. The van der Waals surface area contributed by atoms with Gasteiger partial charge in [-0.2, -0.15) is 0 Å². The molecular formula is C35H43N3O3. The number of anilines is 2. The van der Waals surface area contributed by atoms with Crippen LogP contribution in [0.15, 0.2) is 72.9 Å². The van der Waals surface area contributed by atoms with Gasteiger partial charge in [0.2, 0.25) is 0 Å². The molecule has 0 bridgehead atoms. The topological polar surface area (TPSA) is 55.9 Å². The minimum Gasteiger partial charge on any atom is -0.493 e. The molecule has 41 heavy (non-hydrogen) atoms. The molecule has 3 aromatic carbocycles. The van der Waals surface area contributed by atoms with Gasteiger partial charge in [-0.05, 0) is 104 Å². The number of nitrogens with one attached hydrogen (secondary N) is 1. The Balaban J connectivity index is 1.25. The molecule has 0 amide bonds. The largest absolute Gasteiger partial charge is 0.493 e. The molecule has 0 spiro atoms. The summed E-state index contributed by atoms with van der Waals surface area (Å²) >= 11 is 0. The van der Waals surface area contributed by atoms with E-state index in [1.54, 1.807) is 13.3 Å². The summed E-state index contributed by atoms with van der Waals surface area (Å²) in [6.45, 7) is 13.1. The number of nitrogens with zero attached hydrogens (tertiary/aromatic N) is 2. The van der Waals surface area contributed by atoms with Crippen LogP contribution in [-0.2, 0) is 5.41 Å². The lowest BCUT2D eigenvalue weighted by atomic mass is 9.87. The first-order chi connectivity index (χ1) is 19.8. The van der Waals surface area contributed by atoms with Crippen LogP contribution >= 0.6 is 0 Å². The van der Waals surface area contributed by atoms with Gasteiger partial charge in [0.05, 0.1) is 19.2 Å². The Morgan fingerprint density at radius 3 is 2.20 bits per heavy atom. The molecular weight excluding hydrogens is 510 g/mol. The standard InChI is InChI=1S/C35H43N3O3/c1-6-19-38-20-16-25(17-21-38)24-40-34-23-31-30(22-33(34)39-5)32(15-18-36-31)41-29-13-11-28(12-14-29)37-27-9-7-26(8-10-27)35(2,3)4/h7-15,18,22-23,25,37H,6,16-17,19-21,24H2,1-5H3. The molecule has 1 saturated heterocycles. The molecule has 6 heteroatoms. The van der Waals surface area contributed by atoms with E-state index in [0.29, 0.717) is 18.3 Å². The molecule has 4 aromatic rings. The molecule has 1 fully saturated rings. The van der Waals surface area contributed by atoms with Crippen molar-refractivity contribution in [2.75, 3.05) is 38.7 Å². The first-order valence-corrected chi connectivity index (χ1v) is 14.8. The Bertz CT molecular complexity index is 1420. The van der Waals surface area contributed by atoms with Gasteiger partial charge in [0.1, 0.15) is 11.5 Å². The normalized spacial score (nSPS) is 14.7. The van der Waals surface area contributed by atoms with Crippen molar-refractivity contribution in [3.63, 3.8) is 0 Å². The maximum absolute atomic E-state index is 6.31. The van der Waals surface area contributed by atoms with Crippen LogP contribution in [0, 0.1) is 5.92 Å². The number of piperidine rings is 1. The first-order valence-electron chi connectivity index (χ1n) is 14.8. The first kappa shape index (κ1) is 28.7. The van der Waals surface area contributed by atoms with Crippen molar-refractivity contribution in [3.8, 4) is 23.0 Å². The summed E-state index contributed by atoms with van der Waals surface area (Å²) < 4.78 is 18.3. The van der Waals surface area contributed by atoms with Gasteiger partial charge >= 0.3 is 0 Å². The van der Waals surface area contributed by atoms with Crippen LogP contribution in [0.3, 0.4) is 0 Å². The number of pyridine rings is 1. The van der Waals surface area contributed by atoms with Crippen LogP contribution in [0.1, 0.15) is 52.5 Å². The smallest absolute Gasteiger partial charge is 0.163 e. The molecule has 0 radical (unpaired) electrons. The van der Waals surface area contributed by atoms with E-state index in [1.165, 1.54) is 31.4 Å². The number of hydrogen-bond donors (Lipinski definition) is 1. The van der Waals surface area contributed by atoms with Crippen molar-refractivity contribution in [2.45, 2.75) is 52.4 Å². The highest BCUT2D eigenvalue weighted by Crippen LogP contribution is 2.38. The fourth-order valence-corrected chi connectivity index (χ4v) is 5.34. The summed E-state index contributed by atoms with van der Waals surface area (Å²) in [5.41, 5.74) is 4.32. The van der Waals surface area contributed by atoms with Gasteiger partial charge in [-0.15, -0.1) is 0 Å². The van der Waals surface area contributed by atoms with E-state index in [1.807, 2.05) is 42.5 Å². The average Bonchev–Trinajstić information content (AvgIpc) is 2.97. The molecule has 1 N–H and O–H groups in total. The second-order valence-electron chi connectivity index (χ2n) is 12.0. The van der Waals surface area contributed by atoms with Gasteiger partial charge in [0.15, 0.2) is 11.5 Å². The third-order valence-electron chi connectivity index (χ3n) is 7.83. The zero-order valence-corrected chi connectivity index (χ0v) is 25.1. The minimum atomic E-state index is 0.138. The van der Waals surface area contributed by atoms with Crippen molar-refractivity contribution >= 4 is 22.3 Å². The third-order valence-corrected chi connectivity index (χ3v) is 7.83. The number of ether oxygens (including phenoxy) is 3. The molecule has 2 heterocycles. The highest BCUT2D eigenvalue weighted by atomic mass is 16.5. The van der Waals surface area contributed by atoms with Crippen LogP contribution in [0.5, 0.6) is 23.0 Å². The summed E-state index contributed by atoms with van der Waals surface area (Å²) in [5, 5.41) is 4.35. The summed E-state index contributed by atoms with van der Waals surface area (Å²) in [6.07, 6.45) is 5.33. The number of methoxy groups -OCH3 is 1. The van der Waals surface area contributed by atoms with Crippen molar-refractivity contribution in [1.82, 2.24) is 9.88 Å². The Labute approximate surface area is 244 Å². The van der Waals surface area contributed by atoms with E-state index in [4.69, 9.17) is 14.2 Å². The summed E-state index contributed by atoms with van der Waals surface area (Å²) in [5.74, 6) is 3.45. The van der Waals surface area contributed by atoms with Crippen LogP contribution < -0.4 is 19.5 Å². The van der Waals surface area contributed by atoms with Gasteiger partial charge < -0.3 is 24.4 Å². The van der Waals surface area contributed by atoms with Gasteiger partial charge in [0.25, 0.3) is 0 Å². The fourth-order valence-electron chi connectivity index (χ4n) is 5.34. The maximum atomic E-state index is 6.31. The molecule has 5 rings (SSSR count). The predicted octanol–water partition coefficient (Wildman–Crippen LogP) is 8.58. The number of aromatic nitrogens is 1. The monoisotopic (exact) mass is 553 g/mol. The van der Waals surface area contributed by atoms with Crippen molar-refractivity contribution < 1.29 is 14.2 Å². The van der Waals surface area contributed by atoms with E-state index >= 15 is 0 Å². The van der Waals surface area contributed by atoms with E-state index < -0.39 is 0 Å². The molecule has 6 nitrogen and oxygen atoms in total. The van der Waals surface area contributed by atoms with Gasteiger partial charge in [0, 0.05) is 29.0 Å². The molecule has 216 valence electrons. The summed E-state index contributed by atoms with van der Waals surface area (Å²) in [4.78, 5) is 7.14. The Hall–Kier alpha value is -3.77. The summed E-state index contributed by atoms with van der Waals surface area (Å²) in [7, 11) is 1.68. The highest BCUT2D eigenvalue weighted by molar-refractivity contribution is 5.88. The lowest BCUT2D eigenvalue weighted by Crippen LogP contribution is -2.35. The van der Waals surface area contributed by atoms with Crippen LogP contribution in [0.25, 0.3) is 10.9 Å². The number of fused-ring (bicyclic) bond motifs is 1. The molecule has 1 aliphatic rings. The predicted molar refractivity (Wildman–Crippen MR) is 168 cm³/mol. The second kappa shape index (κ2) is 12.8.